The molecule has 0 saturated heterocycles. The number of ether oxygens (including phenoxy) is 2. The summed E-state index contributed by atoms with van der Waals surface area (Å²) in [5.74, 6) is -1.70. The maximum absolute atomic E-state index is 13.1. The average Bonchev–Trinajstić information content (AvgIpc) is 3.12. The van der Waals surface area contributed by atoms with Crippen molar-refractivity contribution in [2.24, 2.45) is 12.5 Å². The number of carbonyl (C=O) groups is 2. The lowest BCUT2D eigenvalue weighted by atomic mass is 9.64. The summed E-state index contributed by atoms with van der Waals surface area (Å²) >= 11 is 0. The fourth-order valence-corrected chi connectivity index (χ4v) is 4.79. The molecular weight excluding hydrogens is 392 g/mol. The second kappa shape index (κ2) is 7.44. The summed E-state index contributed by atoms with van der Waals surface area (Å²) < 4.78 is 12.1. The van der Waals surface area contributed by atoms with Gasteiger partial charge in [-0.25, -0.2) is 0 Å². The Balaban J connectivity index is 2.07. The van der Waals surface area contributed by atoms with E-state index in [-0.39, 0.29) is 12.3 Å². The summed E-state index contributed by atoms with van der Waals surface area (Å²) in [4.78, 5) is 26.2. The molecule has 0 spiro atoms. The molecule has 0 bridgehead atoms. The van der Waals surface area contributed by atoms with Crippen LogP contribution in [0.2, 0.25) is 0 Å². The standard InChI is InChI=1S/C25H22N2O4/c1-15-22-21(18-7-5-6-8-20(18)27(22)2)19(17-11-9-16(14-26)10-12-17)13-25(15,23(28)30-3)24(29)31-4/h5-12,19H,1,13H2,2-4H3. The molecule has 1 aromatic heterocycles. The first kappa shape index (κ1) is 20.4. The van der Waals surface area contributed by atoms with Crippen molar-refractivity contribution in [1.82, 2.24) is 4.57 Å². The topological polar surface area (TPSA) is 81.3 Å². The second-order valence-electron chi connectivity index (χ2n) is 7.70. The van der Waals surface area contributed by atoms with E-state index in [0.29, 0.717) is 11.1 Å². The van der Waals surface area contributed by atoms with E-state index in [2.05, 4.69) is 12.6 Å². The van der Waals surface area contributed by atoms with Crippen LogP contribution in [0.5, 0.6) is 0 Å². The molecule has 3 aromatic rings. The first-order valence-corrected chi connectivity index (χ1v) is 9.84. The molecule has 0 amide bonds. The van der Waals surface area contributed by atoms with Crippen molar-refractivity contribution in [3.63, 3.8) is 0 Å². The number of rotatable bonds is 3. The van der Waals surface area contributed by atoms with Gasteiger partial charge in [-0.3, -0.25) is 9.59 Å². The molecule has 1 aliphatic rings. The first-order valence-electron chi connectivity index (χ1n) is 9.84. The van der Waals surface area contributed by atoms with Gasteiger partial charge in [0.15, 0.2) is 5.41 Å². The smallest absolute Gasteiger partial charge is 0.327 e. The highest BCUT2D eigenvalue weighted by Gasteiger charge is 2.57. The van der Waals surface area contributed by atoms with E-state index < -0.39 is 17.4 Å². The predicted molar refractivity (Wildman–Crippen MR) is 116 cm³/mol. The molecule has 6 heteroatoms. The van der Waals surface area contributed by atoms with Gasteiger partial charge in [0.05, 0.1) is 25.9 Å². The summed E-state index contributed by atoms with van der Waals surface area (Å²) in [6.45, 7) is 4.19. The lowest BCUT2D eigenvalue weighted by Crippen LogP contribution is -2.46. The number of carbonyl (C=O) groups excluding carboxylic acids is 2. The Morgan fingerprint density at radius 1 is 1.10 bits per heavy atom. The first-order chi connectivity index (χ1) is 14.9. The average molecular weight is 414 g/mol. The van der Waals surface area contributed by atoms with Crippen LogP contribution >= 0.6 is 0 Å². The van der Waals surface area contributed by atoms with Crippen molar-refractivity contribution in [1.29, 1.82) is 5.26 Å². The third-order valence-corrected chi connectivity index (χ3v) is 6.32. The highest BCUT2D eigenvalue weighted by atomic mass is 16.5. The summed E-state index contributed by atoms with van der Waals surface area (Å²) in [6.07, 6.45) is 0.123. The van der Waals surface area contributed by atoms with Crippen LogP contribution in [0, 0.1) is 16.7 Å². The number of nitriles is 1. The van der Waals surface area contributed by atoms with Crippen molar-refractivity contribution in [2.45, 2.75) is 12.3 Å². The van der Waals surface area contributed by atoms with E-state index in [1.165, 1.54) is 14.2 Å². The number of aryl methyl sites for hydroxylation is 1. The Hall–Kier alpha value is -3.85. The molecule has 156 valence electrons. The van der Waals surface area contributed by atoms with Gasteiger partial charge in [0.2, 0.25) is 0 Å². The zero-order chi connectivity index (χ0) is 22.3. The van der Waals surface area contributed by atoms with Crippen LogP contribution < -0.4 is 0 Å². The number of methoxy groups -OCH3 is 2. The summed E-state index contributed by atoms with van der Waals surface area (Å²) in [6, 6.07) is 17.3. The van der Waals surface area contributed by atoms with Crippen LogP contribution in [0.1, 0.15) is 34.7 Å². The Kier molecular flexibility index (Phi) is 4.90. The van der Waals surface area contributed by atoms with Crippen molar-refractivity contribution in [3.8, 4) is 6.07 Å². The van der Waals surface area contributed by atoms with E-state index in [1.807, 2.05) is 48.0 Å². The maximum Gasteiger partial charge on any atom is 0.327 e. The Bertz CT molecular complexity index is 1250. The van der Waals surface area contributed by atoms with Crippen LogP contribution in [-0.2, 0) is 26.1 Å². The molecular formula is C25H22N2O4. The fraction of sp³-hybridized carbons (Fsp3) is 0.240. The van der Waals surface area contributed by atoms with Gasteiger partial charge in [-0.1, -0.05) is 36.9 Å². The number of fused-ring (bicyclic) bond motifs is 3. The third-order valence-electron chi connectivity index (χ3n) is 6.32. The van der Waals surface area contributed by atoms with E-state index in [0.717, 1.165) is 27.7 Å². The Morgan fingerprint density at radius 3 is 2.29 bits per heavy atom. The van der Waals surface area contributed by atoms with Crippen molar-refractivity contribution in [2.75, 3.05) is 14.2 Å². The van der Waals surface area contributed by atoms with E-state index >= 15 is 0 Å². The fourth-order valence-electron chi connectivity index (χ4n) is 4.79. The number of nitrogens with zero attached hydrogens (tertiary/aromatic N) is 2. The van der Waals surface area contributed by atoms with Crippen molar-refractivity contribution >= 4 is 28.4 Å². The second-order valence-corrected chi connectivity index (χ2v) is 7.70. The monoisotopic (exact) mass is 414 g/mol. The van der Waals surface area contributed by atoms with Crippen LogP contribution in [0.4, 0.5) is 0 Å². The molecule has 1 aliphatic carbocycles. The van der Waals surface area contributed by atoms with Crippen LogP contribution in [-0.4, -0.2) is 30.7 Å². The molecule has 0 fully saturated rings. The van der Waals surface area contributed by atoms with E-state index in [9.17, 15) is 14.9 Å². The maximum atomic E-state index is 13.1. The van der Waals surface area contributed by atoms with Gasteiger partial charge in [-0.2, -0.15) is 5.26 Å². The minimum Gasteiger partial charge on any atom is -0.468 e. The SMILES string of the molecule is C=C1c2c(c3ccccc3n2C)C(c2ccc(C#N)cc2)CC1(C(=O)OC)C(=O)OC. The highest BCUT2D eigenvalue weighted by molar-refractivity contribution is 6.14. The predicted octanol–water partition coefficient (Wildman–Crippen LogP) is 3.93. The largest absolute Gasteiger partial charge is 0.468 e. The number of esters is 2. The van der Waals surface area contributed by atoms with Crippen LogP contribution in [0.3, 0.4) is 0 Å². The molecule has 1 atom stereocenters. The van der Waals surface area contributed by atoms with Gasteiger partial charge >= 0.3 is 11.9 Å². The Morgan fingerprint density at radius 2 is 1.71 bits per heavy atom. The summed E-state index contributed by atoms with van der Waals surface area (Å²) in [5, 5.41) is 10.2. The minimum atomic E-state index is -1.67. The zero-order valence-corrected chi connectivity index (χ0v) is 17.6. The molecule has 2 aromatic carbocycles. The van der Waals surface area contributed by atoms with Crippen molar-refractivity contribution < 1.29 is 19.1 Å². The number of hydrogen-bond donors (Lipinski definition) is 0. The highest BCUT2D eigenvalue weighted by Crippen LogP contribution is 2.55. The summed E-state index contributed by atoms with van der Waals surface area (Å²) in [5.41, 5.74) is 2.81. The quantitative estimate of drug-likeness (QED) is 0.479. The van der Waals surface area contributed by atoms with Crippen molar-refractivity contribution in [3.05, 3.63) is 77.5 Å². The van der Waals surface area contributed by atoms with Crippen LogP contribution in [0.15, 0.2) is 55.1 Å². The molecule has 0 saturated carbocycles. The number of benzene rings is 2. The number of para-hydroxylation sites is 1. The lowest BCUT2D eigenvalue weighted by molar-refractivity contribution is -0.165. The molecule has 0 radical (unpaired) electrons. The zero-order valence-electron chi connectivity index (χ0n) is 17.6. The number of aromatic nitrogens is 1. The van der Waals surface area contributed by atoms with Gasteiger partial charge in [0.1, 0.15) is 0 Å². The Labute approximate surface area is 180 Å². The van der Waals surface area contributed by atoms with Crippen LogP contribution in [0.25, 0.3) is 16.5 Å². The lowest BCUT2D eigenvalue weighted by Gasteiger charge is -2.39. The molecule has 0 aliphatic heterocycles. The summed E-state index contributed by atoms with van der Waals surface area (Å²) in [7, 11) is 4.41. The molecule has 0 N–H and O–H groups in total. The molecule has 6 nitrogen and oxygen atoms in total. The molecule has 1 unspecified atom stereocenters. The van der Waals surface area contributed by atoms with Gasteiger partial charge in [-0.15, -0.1) is 0 Å². The van der Waals surface area contributed by atoms with Gasteiger partial charge < -0.3 is 14.0 Å². The molecule has 4 rings (SSSR count). The minimum absolute atomic E-state index is 0.123. The number of hydrogen-bond acceptors (Lipinski definition) is 5. The molecule has 31 heavy (non-hydrogen) atoms. The van der Waals surface area contributed by atoms with Gasteiger partial charge in [-0.05, 0) is 41.3 Å². The van der Waals surface area contributed by atoms with E-state index in [1.54, 1.807) is 12.1 Å². The normalized spacial score (nSPS) is 17.0. The van der Waals surface area contributed by atoms with E-state index in [4.69, 9.17) is 9.47 Å². The molecule has 1 heterocycles. The van der Waals surface area contributed by atoms with Gasteiger partial charge in [0, 0.05) is 29.6 Å². The van der Waals surface area contributed by atoms with Gasteiger partial charge in [0.25, 0.3) is 0 Å². The third kappa shape index (κ3) is 2.77.